The van der Waals surface area contributed by atoms with Gasteiger partial charge in [-0.3, -0.25) is 24.7 Å². The summed E-state index contributed by atoms with van der Waals surface area (Å²) in [5.74, 6) is -0.324. The minimum Gasteiger partial charge on any atom is -0.364 e. The van der Waals surface area contributed by atoms with Crippen LogP contribution in [0.25, 0.3) is 10.9 Å². The number of amides is 5. The van der Waals surface area contributed by atoms with Crippen LogP contribution in [0.15, 0.2) is 42.5 Å². The summed E-state index contributed by atoms with van der Waals surface area (Å²) in [5, 5.41) is 6.43. The molecule has 1 spiro atoms. The summed E-state index contributed by atoms with van der Waals surface area (Å²) in [6, 6.07) is 13.7. The average Bonchev–Trinajstić information content (AvgIpc) is 3.49. The topological polar surface area (TPSA) is 115 Å². The highest BCUT2D eigenvalue weighted by Gasteiger charge is 2.54. The van der Waals surface area contributed by atoms with Gasteiger partial charge in [0, 0.05) is 81.1 Å². The first-order valence-electron chi connectivity index (χ1n) is 13.5. The van der Waals surface area contributed by atoms with E-state index in [-0.39, 0.29) is 36.6 Å². The molecule has 0 radical (unpaired) electrons. The average molecular weight is 539 g/mol. The van der Waals surface area contributed by atoms with Crippen molar-refractivity contribution in [2.24, 2.45) is 0 Å². The number of imide groups is 1. The Labute approximate surface area is 231 Å². The molecule has 3 aromatic rings. The molecule has 40 heavy (non-hydrogen) atoms. The Hall–Kier alpha value is -4.47. The van der Waals surface area contributed by atoms with E-state index in [1.165, 1.54) is 4.90 Å². The third kappa shape index (κ3) is 3.44. The van der Waals surface area contributed by atoms with Gasteiger partial charge < -0.3 is 20.0 Å². The monoisotopic (exact) mass is 538 g/mol. The normalized spacial score (nSPS) is 24.4. The summed E-state index contributed by atoms with van der Waals surface area (Å²) >= 11 is 0. The fourth-order valence-corrected chi connectivity index (χ4v) is 7.09. The van der Waals surface area contributed by atoms with E-state index in [2.05, 4.69) is 27.7 Å². The lowest BCUT2D eigenvalue weighted by molar-refractivity contribution is -0.130. The highest BCUT2D eigenvalue weighted by molar-refractivity contribution is 6.08. The molecule has 3 aliphatic heterocycles. The van der Waals surface area contributed by atoms with E-state index in [0.717, 1.165) is 44.7 Å². The number of rotatable bonds is 4. The number of hydrogen-bond acceptors (Lipinski definition) is 6. The summed E-state index contributed by atoms with van der Waals surface area (Å²) in [5.41, 5.74) is 5.16. The van der Waals surface area contributed by atoms with Crippen LogP contribution >= 0.6 is 0 Å². The number of nitrogens with one attached hydrogen (secondary N) is 2. The fraction of sp³-hybridized carbons (Fsp3) is 0.367. The van der Waals surface area contributed by atoms with Crippen molar-refractivity contribution in [1.29, 1.82) is 0 Å². The van der Waals surface area contributed by atoms with Gasteiger partial charge in [0.1, 0.15) is 5.54 Å². The van der Waals surface area contributed by atoms with Crippen molar-refractivity contribution in [3.8, 4) is 0 Å². The number of pyridine rings is 1. The van der Waals surface area contributed by atoms with Crippen molar-refractivity contribution in [3.63, 3.8) is 0 Å². The molecule has 7 rings (SSSR count). The lowest BCUT2D eigenvalue weighted by Gasteiger charge is -2.35. The van der Waals surface area contributed by atoms with Crippen molar-refractivity contribution < 1.29 is 19.2 Å². The van der Waals surface area contributed by atoms with Crippen LogP contribution < -0.4 is 15.5 Å². The van der Waals surface area contributed by atoms with E-state index < -0.39 is 11.0 Å². The number of fused-ring (bicyclic) bond motifs is 2. The van der Waals surface area contributed by atoms with Crippen molar-refractivity contribution in [1.82, 2.24) is 20.1 Å². The molecule has 10 nitrogen and oxygen atoms in total. The van der Waals surface area contributed by atoms with Gasteiger partial charge in [-0.25, -0.2) is 4.79 Å². The number of aromatic nitrogens is 1. The Bertz CT molecular complexity index is 1670. The molecular formula is C30H30N6O4. The van der Waals surface area contributed by atoms with Crippen molar-refractivity contribution in [2.75, 3.05) is 37.9 Å². The van der Waals surface area contributed by atoms with E-state index in [9.17, 15) is 19.2 Å². The van der Waals surface area contributed by atoms with Gasteiger partial charge in [0.25, 0.3) is 5.91 Å². The van der Waals surface area contributed by atoms with Crippen LogP contribution in [0.5, 0.6) is 0 Å². The third-order valence-corrected chi connectivity index (χ3v) is 9.15. The molecule has 1 aliphatic carbocycles. The molecule has 1 saturated heterocycles. The highest BCUT2D eigenvalue weighted by Crippen LogP contribution is 2.51. The smallest absolute Gasteiger partial charge is 0.324 e. The Kier molecular flexibility index (Phi) is 5.08. The van der Waals surface area contributed by atoms with Crippen LogP contribution in [0, 0.1) is 0 Å². The number of urea groups is 1. The zero-order chi connectivity index (χ0) is 28.0. The molecule has 4 heterocycles. The zero-order valence-corrected chi connectivity index (χ0v) is 22.7. The van der Waals surface area contributed by atoms with Crippen LogP contribution in [-0.4, -0.2) is 71.8 Å². The molecule has 204 valence electrons. The third-order valence-electron chi connectivity index (χ3n) is 9.15. The summed E-state index contributed by atoms with van der Waals surface area (Å²) in [6.07, 6.45) is 1.47. The predicted molar refractivity (Wildman–Crippen MR) is 149 cm³/mol. The first-order valence-corrected chi connectivity index (χ1v) is 13.5. The van der Waals surface area contributed by atoms with Gasteiger partial charge in [-0.1, -0.05) is 12.1 Å². The number of anilines is 2. The molecule has 1 aromatic heterocycles. The molecule has 2 atom stereocenters. The molecule has 2 unspecified atom stereocenters. The van der Waals surface area contributed by atoms with Crippen LogP contribution in [0.2, 0.25) is 0 Å². The summed E-state index contributed by atoms with van der Waals surface area (Å²) in [7, 11) is 5.16. The predicted octanol–water partition coefficient (Wildman–Crippen LogP) is 2.33. The Balaban J connectivity index is 1.21. The van der Waals surface area contributed by atoms with Crippen molar-refractivity contribution in [2.45, 2.75) is 43.2 Å². The summed E-state index contributed by atoms with van der Waals surface area (Å²) < 4.78 is 0. The van der Waals surface area contributed by atoms with Crippen LogP contribution in [0.4, 0.5) is 16.2 Å². The number of carbonyl (C=O) groups excluding carboxylic acids is 4. The molecule has 0 bridgehead atoms. The van der Waals surface area contributed by atoms with E-state index in [0.29, 0.717) is 25.9 Å². The molecule has 4 aliphatic rings. The van der Waals surface area contributed by atoms with Gasteiger partial charge in [0.15, 0.2) is 0 Å². The summed E-state index contributed by atoms with van der Waals surface area (Å²) in [6.45, 7) is 1.08. The minimum atomic E-state index is -0.873. The Morgan fingerprint density at radius 2 is 1.80 bits per heavy atom. The molecule has 2 N–H and O–H groups in total. The number of likely N-dealkylation sites (N-methyl/N-ethyl adjacent to an activating group) is 1. The zero-order valence-electron chi connectivity index (χ0n) is 22.7. The van der Waals surface area contributed by atoms with Crippen molar-refractivity contribution >= 4 is 46.0 Å². The van der Waals surface area contributed by atoms with Gasteiger partial charge in [-0.2, -0.15) is 0 Å². The van der Waals surface area contributed by atoms with Crippen molar-refractivity contribution in [3.05, 3.63) is 64.8 Å². The molecular weight excluding hydrogens is 508 g/mol. The first-order chi connectivity index (χ1) is 19.1. The van der Waals surface area contributed by atoms with E-state index in [1.807, 2.05) is 30.3 Å². The van der Waals surface area contributed by atoms with Crippen LogP contribution in [0.1, 0.15) is 35.2 Å². The number of carbonyl (C=O) groups is 4. The fourth-order valence-electron chi connectivity index (χ4n) is 7.09. The van der Waals surface area contributed by atoms with E-state index in [4.69, 9.17) is 4.98 Å². The largest absolute Gasteiger partial charge is 0.364 e. The van der Waals surface area contributed by atoms with Gasteiger partial charge in [-0.05, 0) is 41.5 Å². The molecule has 2 aromatic carbocycles. The second-order valence-corrected chi connectivity index (χ2v) is 11.8. The molecule has 1 fully saturated rings. The standard InChI is InChI=1S/C30H30N6O4/c1-34(2)25(38)14-29-13-24(37)32-21-5-4-6-23(26(21)29)36(16-29)15-20-8-7-17-9-18-11-30(12-19(18)10-22(17)31-20)27(39)33-28(40)35(30)3/h4-10H,11-16H2,1-3H3,(H,32,37)(H,33,39,40). The SMILES string of the molecule is CN(C)C(=O)CC12CC(=O)Nc3cccc(c31)N(Cc1ccc3cc4c(cc3n1)CC1(C4)C(=O)NC(=O)N1C)C2. The maximum absolute atomic E-state index is 12.9. The maximum Gasteiger partial charge on any atom is 0.324 e. The number of benzene rings is 2. The van der Waals surface area contributed by atoms with E-state index in [1.54, 1.807) is 26.0 Å². The summed E-state index contributed by atoms with van der Waals surface area (Å²) in [4.78, 5) is 60.8. The van der Waals surface area contributed by atoms with Gasteiger partial charge in [0.05, 0.1) is 17.8 Å². The lowest BCUT2D eigenvalue weighted by atomic mass is 9.73. The Morgan fingerprint density at radius 1 is 1.02 bits per heavy atom. The van der Waals surface area contributed by atoms with Gasteiger partial charge in [0.2, 0.25) is 11.8 Å². The molecule has 10 heteroatoms. The lowest BCUT2D eigenvalue weighted by Crippen LogP contribution is -2.48. The minimum absolute atomic E-state index is 0.00366. The van der Waals surface area contributed by atoms with Crippen LogP contribution in [0.3, 0.4) is 0 Å². The second kappa shape index (κ2) is 8.27. The van der Waals surface area contributed by atoms with E-state index >= 15 is 0 Å². The molecule has 5 amide bonds. The van der Waals surface area contributed by atoms with Gasteiger partial charge >= 0.3 is 6.03 Å². The maximum atomic E-state index is 12.9. The Morgan fingerprint density at radius 3 is 2.52 bits per heavy atom. The first kappa shape index (κ1) is 24.6. The highest BCUT2D eigenvalue weighted by atomic mass is 16.2. The second-order valence-electron chi connectivity index (χ2n) is 11.8. The molecule has 0 saturated carbocycles. The number of nitrogens with zero attached hydrogens (tertiary/aromatic N) is 4. The quantitative estimate of drug-likeness (QED) is 0.493. The number of hydrogen-bond donors (Lipinski definition) is 2. The van der Waals surface area contributed by atoms with Gasteiger partial charge in [-0.15, -0.1) is 0 Å². The van der Waals surface area contributed by atoms with Crippen LogP contribution in [-0.2, 0) is 39.2 Å².